The number of nitrogens with two attached hydrogens (primary N) is 1. The van der Waals surface area contributed by atoms with Crippen LogP contribution in [-0.4, -0.2) is 31.2 Å². The topological polar surface area (TPSA) is 113 Å². The molecule has 0 aliphatic rings. The van der Waals surface area contributed by atoms with Gasteiger partial charge in [0.1, 0.15) is 17.0 Å². The summed E-state index contributed by atoms with van der Waals surface area (Å²) in [6, 6.07) is 1.27. The molecular formula is C11H13ClN6O2S. The summed E-state index contributed by atoms with van der Waals surface area (Å²) in [6.07, 6.45) is 1.80. The molecule has 0 spiro atoms. The van der Waals surface area contributed by atoms with Crippen molar-refractivity contribution in [1.82, 2.24) is 19.7 Å². The van der Waals surface area contributed by atoms with Gasteiger partial charge >= 0.3 is 0 Å². The second-order valence-electron chi connectivity index (χ2n) is 4.02. The lowest BCUT2D eigenvalue weighted by Gasteiger charge is -2.06. The molecule has 2 heterocycles. The van der Waals surface area contributed by atoms with E-state index in [9.17, 15) is 10.1 Å². The summed E-state index contributed by atoms with van der Waals surface area (Å²) >= 11 is 7.24. The molecule has 8 nitrogen and oxygen atoms in total. The van der Waals surface area contributed by atoms with E-state index in [1.54, 1.807) is 0 Å². The van der Waals surface area contributed by atoms with E-state index in [-0.39, 0.29) is 10.7 Å². The molecule has 2 rings (SSSR count). The van der Waals surface area contributed by atoms with Crippen LogP contribution in [0.2, 0.25) is 5.02 Å². The lowest BCUT2D eigenvalue weighted by atomic mass is 10.4. The number of hydrogen-bond acceptors (Lipinski definition) is 7. The highest BCUT2D eigenvalue weighted by Gasteiger charge is 2.16. The first-order chi connectivity index (χ1) is 10.1. The van der Waals surface area contributed by atoms with Crippen LogP contribution in [0.5, 0.6) is 0 Å². The van der Waals surface area contributed by atoms with Crippen molar-refractivity contribution in [2.24, 2.45) is 5.73 Å². The molecule has 2 N–H and O–H groups in total. The van der Waals surface area contributed by atoms with E-state index in [0.29, 0.717) is 29.7 Å². The summed E-state index contributed by atoms with van der Waals surface area (Å²) in [6.45, 7) is 3.15. The third-order valence-corrected chi connectivity index (χ3v) is 4.07. The highest BCUT2D eigenvalue weighted by atomic mass is 35.5. The van der Waals surface area contributed by atoms with Gasteiger partial charge in [-0.05, 0) is 25.2 Å². The first-order valence-electron chi connectivity index (χ1n) is 6.16. The van der Waals surface area contributed by atoms with Crippen LogP contribution in [0, 0.1) is 10.1 Å². The maximum absolute atomic E-state index is 10.7. The van der Waals surface area contributed by atoms with E-state index in [4.69, 9.17) is 17.3 Å². The first-order valence-corrected chi connectivity index (χ1v) is 7.36. The first kappa shape index (κ1) is 15.7. The van der Waals surface area contributed by atoms with Crippen molar-refractivity contribution in [1.29, 1.82) is 0 Å². The van der Waals surface area contributed by atoms with Crippen molar-refractivity contribution in [2.75, 3.05) is 6.54 Å². The number of aromatic nitrogens is 4. The fourth-order valence-electron chi connectivity index (χ4n) is 1.70. The quantitative estimate of drug-likeness (QED) is 0.636. The molecule has 21 heavy (non-hydrogen) atoms. The van der Waals surface area contributed by atoms with Crippen molar-refractivity contribution in [3.8, 4) is 0 Å². The minimum atomic E-state index is -0.540. The summed E-state index contributed by atoms with van der Waals surface area (Å²) in [5.41, 5.74) is 5.38. The summed E-state index contributed by atoms with van der Waals surface area (Å²) in [5, 5.41) is 20.1. The SMILES string of the molecule is CCn1c(CCN)nnc1Sc1ncc([N+](=O)[O-])cc1Cl. The highest BCUT2D eigenvalue weighted by molar-refractivity contribution is 7.99. The smallest absolute Gasteiger partial charge is 0.289 e. The molecule has 0 amide bonds. The van der Waals surface area contributed by atoms with Crippen molar-refractivity contribution >= 4 is 29.1 Å². The number of rotatable bonds is 6. The predicted molar refractivity (Wildman–Crippen MR) is 78.5 cm³/mol. The number of nitrogens with zero attached hydrogens (tertiary/aromatic N) is 5. The number of nitro groups is 1. The zero-order valence-corrected chi connectivity index (χ0v) is 12.8. The standard InChI is InChI=1S/C11H13ClN6O2S/c1-2-17-9(3-4-13)15-16-11(17)21-10-8(12)5-7(6-14-10)18(19)20/h5-6H,2-4,13H2,1H3. The molecule has 2 aromatic heterocycles. The Morgan fingerprint density at radius 2 is 2.29 bits per heavy atom. The molecule has 0 aliphatic carbocycles. The van der Waals surface area contributed by atoms with Crippen LogP contribution in [0.15, 0.2) is 22.4 Å². The van der Waals surface area contributed by atoms with E-state index in [2.05, 4.69) is 15.2 Å². The van der Waals surface area contributed by atoms with Gasteiger partial charge in [-0.2, -0.15) is 0 Å². The molecule has 0 radical (unpaired) electrons. The molecule has 112 valence electrons. The third-order valence-electron chi connectivity index (χ3n) is 2.67. The van der Waals surface area contributed by atoms with Gasteiger partial charge in [0.2, 0.25) is 0 Å². The van der Waals surface area contributed by atoms with Crippen molar-refractivity contribution < 1.29 is 4.92 Å². The molecule has 0 saturated heterocycles. The van der Waals surface area contributed by atoms with E-state index in [1.165, 1.54) is 24.0 Å². The minimum absolute atomic E-state index is 0.148. The minimum Gasteiger partial charge on any atom is -0.330 e. The van der Waals surface area contributed by atoms with Gasteiger partial charge in [-0.15, -0.1) is 10.2 Å². The Morgan fingerprint density at radius 3 is 2.86 bits per heavy atom. The summed E-state index contributed by atoms with van der Waals surface area (Å²) < 4.78 is 1.91. The molecule has 2 aromatic rings. The van der Waals surface area contributed by atoms with Crippen LogP contribution in [-0.2, 0) is 13.0 Å². The van der Waals surface area contributed by atoms with Crippen LogP contribution in [0.4, 0.5) is 5.69 Å². The molecule has 0 unspecified atom stereocenters. The monoisotopic (exact) mass is 328 g/mol. The Bertz CT molecular complexity index is 662. The van der Waals surface area contributed by atoms with E-state index < -0.39 is 4.92 Å². The maximum Gasteiger partial charge on any atom is 0.289 e. The number of hydrogen-bond donors (Lipinski definition) is 1. The number of pyridine rings is 1. The number of halogens is 1. The predicted octanol–water partition coefficient (Wildman–Crippen LogP) is 1.91. The van der Waals surface area contributed by atoms with Gasteiger partial charge in [-0.25, -0.2) is 4.98 Å². The van der Waals surface area contributed by atoms with Crippen molar-refractivity contribution in [3.63, 3.8) is 0 Å². The van der Waals surface area contributed by atoms with Gasteiger partial charge in [0.25, 0.3) is 5.69 Å². The Labute approximate surface area is 129 Å². The van der Waals surface area contributed by atoms with E-state index >= 15 is 0 Å². The van der Waals surface area contributed by atoms with E-state index in [1.807, 2.05) is 11.5 Å². The fourth-order valence-corrected chi connectivity index (χ4v) is 2.84. The lowest BCUT2D eigenvalue weighted by Crippen LogP contribution is -2.09. The summed E-state index contributed by atoms with van der Waals surface area (Å²) in [4.78, 5) is 14.1. The average Bonchev–Trinajstić information content (AvgIpc) is 2.83. The van der Waals surface area contributed by atoms with Crippen LogP contribution < -0.4 is 5.73 Å². The van der Waals surface area contributed by atoms with Crippen molar-refractivity contribution in [2.45, 2.75) is 30.1 Å². The average molecular weight is 329 g/mol. The summed E-state index contributed by atoms with van der Waals surface area (Å²) in [5.74, 6) is 0.792. The highest BCUT2D eigenvalue weighted by Crippen LogP contribution is 2.32. The zero-order chi connectivity index (χ0) is 15.4. The molecule has 0 aromatic carbocycles. The molecular weight excluding hydrogens is 316 g/mol. The molecule has 0 atom stereocenters. The Hall–Kier alpha value is -1.71. The van der Waals surface area contributed by atoms with Gasteiger partial charge < -0.3 is 10.3 Å². The summed E-state index contributed by atoms with van der Waals surface area (Å²) in [7, 11) is 0. The lowest BCUT2D eigenvalue weighted by molar-refractivity contribution is -0.385. The largest absolute Gasteiger partial charge is 0.330 e. The second kappa shape index (κ2) is 6.83. The van der Waals surface area contributed by atoms with Crippen LogP contribution >= 0.6 is 23.4 Å². The van der Waals surface area contributed by atoms with Gasteiger partial charge in [0, 0.05) is 19.0 Å². The van der Waals surface area contributed by atoms with Gasteiger partial charge in [0.05, 0.1) is 9.95 Å². The molecule has 0 aliphatic heterocycles. The fraction of sp³-hybridized carbons (Fsp3) is 0.364. The van der Waals surface area contributed by atoms with Gasteiger partial charge in [0.15, 0.2) is 5.16 Å². The van der Waals surface area contributed by atoms with Crippen LogP contribution in [0.25, 0.3) is 0 Å². The Kier molecular flexibility index (Phi) is 5.10. The maximum atomic E-state index is 10.7. The zero-order valence-electron chi connectivity index (χ0n) is 11.2. The molecule has 0 bridgehead atoms. The molecule has 0 saturated carbocycles. The Balaban J connectivity index is 2.28. The van der Waals surface area contributed by atoms with Gasteiger partial charge in [-0.1, -0.05) is 11.6 Å². The molecule has 10 heteroatoms. The van der Waals surface area contributed by atoms with Crippen LogP contribution in [0.3, 0.4) is 0 Å². The van der Waals surface area contributed by atoms with Crippen molar-refractivity contribution in [3.05, 3.63) is 33.2 Å². The normalized spacial score (nSPS) is 10.8. The second-order valence-corrected chi connectivity index (χ2v) is 5.38. The van der Waals surface area contributed by atoms with E-state index in [0.717, 1.165) is 5.82 Å². The van der Waals surface area contributed by atoms with Crippen LogP contribution in [0.1, 0.15) is 12.7 Å². The third kappa shape index (κ3) is 3.49. The Morgan fingerprint density at radius 1 is 1.52 bits per heavy atom. The molecule has 0 fully saturated rings. The van der Waals surface area contributed by atoms with Gasteiger partial charge in [-0.3, -0.25) is 10.1 Å².